The molecule has 0 fully saturated rings. The van der Waals surface area contributed by atoms with E-state index in [4.69, 9.17) is 4.42 Å². The predicted molar refractivity (Wildman–Crippen MR) is 194 cm³/mol. The molecule has 46 heavy (non-hydrogen) atoms. The Labute approximate surface area is 268 Å². The zero-order chi connectivity index (χ0) is 30.5. The highest BCUT2D eigenvalue weighted by Gasteiger charge is 2.22. The summed E-state index contributed by atoms with van der Waals surface area (Å²) in [6, 6.07) is 58.3. The van der Waals surface area contributed by atoms with Gasteiger partial charge in [-0.15, -0.1) is 0 Å². The second-order valence-corrected chi connectivity index (χ2v) is 11.8. The molecule has 0 aliphatic carbocycles. The zero-order valence-electron chi connectivity index (χ0n) is 25.1. The molecule has 0 saturated carbocycles. The van der Waals surface area contributed by atoms with E-state index in [1.807, 2.05) is 12.1 Å². The highest BCUT2D eigenvalue weighted by molar-refractivity contribution is 6.10. The summed E-state index contributed by atoms with van der Waals surface area (Å²) in [5.41, 5.74) is 14.6. The van der Waals surface area contributed by atoms with Crippen LogP contribution in [0.3, 0.4) is 0 Å². The molecule has 1 aliphatic heterocycles. The maximum atomic E-state index is 6.42. The van der Waals surface area contributed by atoms with E-state index in [1.54, 1.807) is 0 Å². The molecule has 0 bridgehead atoms. The number of hydrogen-bond acceptors (Lipinski definition) is 2. The molecule has 0 amide bonds. The van der Waals surface area contributed by atoms with Gasteiger partial charge in [0.2, 0.25) is 0 Å². The zero-order valence-corrected chi connectivity index (χ0v) is 25.1. The van der Waals surface area contributed by atoms with E-state index in [-0.39, 0.29) is 0 Å². The lowest BCUT2D eigenvalue weighted by Gasteiger charge is -2.28. The highest BCUT2D eigenvalue weighted by Crippen LogP contribution is 2.45. The topological polar surface area (TPSA) is 16.4 Å². The number of anilines is 3. The van der Waals surface area contributed by atoms with Gasteiger partial charge in [-0.25, -0.2) is 0 Å². The van der Waals surface area contributed by atoms with Crippen molar-refractivity contribution in [3.05, 3.63) is 175 Å². The fourth-order valence-corrected chi connectivity index (χ4v) is 6.76. The van der Waals surface area contributed by atoms with Crippen molar-refractivity contribution in [1.82, 2.24) is 0 Å². The van der Waals surface area contributed by atoms with Gasteiger partial charge in [0.1, 0.15) is 11.2 Å². The van der Waals surface area contributed by atoms with Crippen LogP contribution in [0.5, 0.6) is 0 Å². The van der Waals surface area contributed by atoms with Crippen LogP contribution in [0.25, 0.3) is 67.5 Å². The van der Waals surface area contributed by atoms with Crippen LogP contribution in [-0.4, -0.2) is 0 Å². The van der Waals surface area contributed by atoms with Crippen LogP contribution >= 0.6 is 0 Å². The van der Waals surface area contributed by atoms with Gasteiger partial charge in [0.25, 0.3) is 0 Å². The van der Waals surface area contributed by atoms with Crippen LogP contribution in [0.1, 0.15) is 11.1 Å². The number of rotatable bonds is 4. The number of nitrogens with zero attached hydrogens (tertiary/aromatic N) is 1. The molecular weight excluding hydrogens is 558 g/mol. The van der Waals surface area contributed by atoms with Crippen LogP contribution < -0.4 is 4.90 Å². The normalized spacial score (nSPS) is 12.2. The second kappa shape index (κ2) is 10.8. The third-order valence-electron chi connectivity index (χ3n) is 9.03. The van der Waals surface area contributed by atoms with Gasteiger partial charge in [0.15, 0.2) is 0 Å². The van der Waals surface area contributed by atoms with E-state index in [0.717, 1.165) is 55.7 Å². The first kappa shape index (κ1) is 26.3. The Morgan fingerprint density at radius 3 is 1.65 bits per heavy atom. The fraction of sp³-hybridized carbons (Fsp3) is 0. The molecule has 7 aromatic carbocycles. The SMILES string of the molecule is C1=Cc2cc(-c3cccc4c3oc3ccccc34)ccc2N(c2ccc(-c3ccccc3)cc2)c2ccc(-c3ccccc3)cc21. The fourth-order valence-electron chi connectivity index (χ4n) is 6.76. The Morgan fingerprint density at radius 2 is 0.935 bits per heavy atom. The maximum Gasteiger partial charge on any atom is 0.143 e. The number of fused-ring (bicyclic) bond motifs is 5. The second-order valence-electron chi connectivity index (χ2n) is 11.8. The number of para-hydroxylation sites is 2. The molecule has 0 unspecified atom stereocenters. The summed E-state index contributed by atoms with van der Waals surface area (Å²) in [4.78, 5) is 2.39. The Morgan fingerprint density at radius 1 is 0.391 bits per heavy atom. The van der Waals surface area contributed by atoms with Gasteiger partial charge in [-0.3, -0.25) is 0 Å². The van der Waals surface area contributed by atoms with Gasteiger partial charge in [-0.1, -0.05) is 133 Å². The van der Waals surface area contributed by atoms with E-state index >= 15 is 0 Å². The molecule has 0 saturated heterocycles. The van der Waals surface area contributed by atoms with Crippen molar-refractivity contribution < 1.29 is 4.42 Å². The maximum absolute atomic E-state index is 6.42. The van der Waals surface area contributed by atoms with Crippen molar-refractivity contribution in [3.8, 4) is 33.4 Å². The Bertz CT molecular complexity index is 2400. The van der Waals surface area contributed by atoms with Gasteiger partial charge in [-0.05, 0) is 81.4 Å². The molecule has 8 aromatic rings. The van der Waals surface area contributed by atoms with Gasteiger partial charge in [0.05, 0.1) is 11.4 Å². The molecule has 1 aromatic heterocycles. The molecule has 0 atom stereocenters. The third kappa shape index (κ3) is 4.43. The monoisotopic (exact) mass is 587 g/mol. The van der Waals surface area contributed by atoms with Crippen LogP contribution in [0.2, 0.25) is 0 Å². The van der Waals surface area contributed by atoms with Crippen molar-refractivity contribution in [3.63, 3.8) is 0 Å². The van der Waals surface area contributed by atoms with E-state index in [0.29, 0.717) is 0 Å². The van der Waals surface area contributed by atoms with Crippen molar-refractivity contribution in [2.45, 2.75) is 0 Å². The van der Waals surface area contributed by atoms with Crippen LogP contribution in [0.15, 0.2) is 168 Å². The van der Waals surface area contributed by atoms with E-state index in [9.17, 15) is 0 Å². The summed E-state index contributed by atoms with van der Waals surface area (Å²) < 4.78 is 6.42. The molecule has 216 valence electrons. The van der Waals surface area contributed by atoms with Crippen molar-refractivity contribution in [2.75, 3.05) is 4.90 Å². The van der Waals surface area contributed by atoms with Gasteiger partial charge in [-0.2, -0.15) is 0 Å². The minimum absolute atomic E-state index is 0.911. The van der Waals surface area contributed by atoms with E-state index in [1.165, 1.54) is 27.8 Å². The standard InChI is InChI=1S/C44H29NO/c1-3-10-30(11-4-1)32-20-24-37(25-21-32)45-41-26-22-33(31-12-5-2-6-13-31)28-35(41)18-19-36-29-34(23-27-42(36)45)38-15-9-16-40-39-14-7-8-17-43(39)46-44(38)40/h1-29H. The average molecular weight is 588 g/mol. The molecule has 2 heteroatoms. The lowest BCUT2D eigenvalue weighted by Crippen LogP contribution is -2.11. The lowest BCUT2D eigenvalue weighted by atomic mass is 9.98. The van der Waals surface area contributed by atoms with Crippen LogP contribution in [0.4, 0.5) is 17.1 Å². The Kier molecular flexibility index (Phi) is 6.17. The number of hydrogen-bond donors (Lipinski definition) is 0. The first-order valence-corrected chi connectivity index (χ1v) is 15.7. The summed E-state index contributed by atoms with van der Waals surface area (Å²) >= 11 is 0. The molecule has 0 spiro atoms. The van der Waals surface area contributed by atoms with Gasteiger partial charge >= 0.3 is 0 Å². The predicted octanol–water partition coefficient (Wildman–Crippen LogP) is 12.5. The van der Waals surface area contributed by atoms with Crippen molar-refractivity contribution in [1.29, 1.82) is 0 Å². The van der Waals surface area contributed by atoms with Crippen LogP contribution in [-0.2, 0) is 0 Å². The van der Waals surface area contributed by atoms with Crippen molar-refractivity contribution >= 4 is 51.2 Å². The molecular formula is C44H29NO. The molecule has 2 heterocycles. The molecule has 0 radical (unpaired) electrons. The quantitative estimate of drug-likeness (QED) is 0.204. The Hall–Kier alpha value is -6.12. The summed E-state index contributed by atoms with van der Waals surface area (Å²) in [5, 5.41) is 2.28. The van der Waals surface area contributed by atoms with Crippen molar-refractivity contribution in [2.24, 2.45) is 0 Å². The summed E-state index contributed by atoms with van der Waals surface area (Å²) in [6.07, 6.45) is 4.51. The van der Waals surface area contributed by atoms with Crippen LogP contribution in [0, 0.1) is 0 Å². The lowest BCUT2D eigenvalue weighted by molar-refractivity contribution is 0.670. The third-order valence-corrected chi connectivity index (χ3v) is 9.03. The number of furan rings is 1. The summed E-state index contributed by atoms with van der Waals surface area (Å²) in [6.45, 7) is 0. The largest absolute Gasteiger partial charge is 0.455 e. The van der Waals surface area contributed by atoms with Gasteiger partial charge in [0, 0.05) is 22.0 Å². The number of benzene rings is 7. The molecule has 1 aliphatic rings. The average Bonchev–Trinajstić information content (AvgIpc) is 3.43. The molecule has 2 nitrogen and oxygen atoms in total. The minimum Gasteiger partial charge on any atom is -0.455 e. The van der Waals surface area contributed by atoms with E-state index in [2.05, 4.69) is 169 Å². The summed E-state index contributed by atoms with van der Waals surface area (Å²) in [7, 11) is 0. The summed E-state index contributed by atoms with van der Waals surface area (Å²) in [5.74, 6) is 0. The van der Waals surface area contributed by atoms with E-state index < -0.39 is 0 Å². The van der Waals surface area contributed by atoms with Gasteiger partial charge < -0.3 is 9.32 Å². The first-order chi connectivity index (χ1) is 22.8. The molecule has 0 N–H and O–H groups in total. The highest BCUT2D eigenvalue weighted by atomic mass is 16.3. The Balaban J connectivity index is 1.21. The molecule has 9 rings (SSSR count). The minimum atomic E-state index is 0.911. The first-order valence-electron chi connectivity index (χ1n) is 15.7. The smallest absolute Gasteiger partial charge is 0.143 e.